The summed E-state index contributed by atoms with van der Waals surface area (Å²) in [6, 6.07) is 11.5. The number of rotatable bonds is 6. The minimum absolute atomic E-state index is 0.0551. The second kappa shape index (κ2) is 10.1. The van der Waals surface area contributed by atoms with E-state index in [2.05, 4.69) is 4.99 Å². The van der Waals surface area contributed by atoms with Gasteiger partial charge in [-0.3, -0.25) is 24.3 Å². The summed E-state index contributed by atoms with van der Waals surface area (Å²) in [6.45, 7) is 4.82. The van der Waals surface area contributed by atoms with Gasteiger partial charge in [-0.1, -0.05) is 23.5 Å². The lowest BCUT2D eigenvalue weighted by molar-refractivity contribution is -0.384. The molecule has 0 N–H and O–H groups in total. The standard InChI is InChI=1S/C25H21N3O7S/c1-4-34-24(31)21-14(2)26-25-27(22(21)17-7-11-19(12-8-17)35-15(3)29)23(30)20(36-25)13-16-5-9-18(10-6-16)28(32)33/h5-13,22H,4H2,1-3H3/b20-13-/t22-/m0/s1. The molecular formula is C25H21N3O7S. The maximum atomic E-state index is 13.6. The van der Waals surface area contributed by atoms with Gasteiger partial charge in [-0.2, -0.15) is 0 Å². The zero-order valence-corrected chi connectivity index (χ0v) is 20.4. The molecule has 0 fully saturated rings. The fraction of sp³-hybridized carbons (Fsp3) is 0.200. The molecule has 0 radical (unpaired) electrons. The van der Waals surface area contributed by atoms with Crippen LogP contribution in [0.5, 0.6) is 5.75 Å². The first-order chi connectivity index (χ1) is 17.2. The van der Waals surface area contributed by atoms with Crippen molar-refractivity contribution < 1.29 is 24.0 Å². The van der Waals surface area contributed by atoms with Gasteiger partial charge < -0.3 is 9.47 Å². The molecule has 36 heavy (non-hydrogen) atoms. The number of nitrogens with zero attached hydrogens (tertiary/aromatic N) is 3. The van der Waals surface area contributed by atoms with Crippen LogP contribution in [0, 0.1) is 10.1 Å². The Hall–Kier alpha value is -4.38. The Morgan fingerprint density at radius 2 is 1.83 bits per heavy atom. The van der Waals surface area contributed by atoms with Crippen LogP contribution < -0.4 is 19.6 Å². The van der Waals surface area contributed by atoms with Crippen molar-refractivity contribution in [2.45, 2.75) is 26.8 Å². The zero-order chi connectivity index (χ0) is 26.0. The summed E-state index contributed by atoms with van der Waals surface area (Å²) in [5.41, 5.74) is 1.43. The van der Waals surface area contributed by atoms with Crippen LogP contribution >= 0.6 is 11.3 Å². The molecule has 1 aliphatic heterocycles. The van der Waals surface area contributed by atoms with Gasteiger partial charge in [0.2, 0.25) is 0 Å². The van der Waals surface area contributed by atoms with Crippen LogP contribution in [0.25, 0.3) is 6.08 Å². The molecule has 0 spiro atoms. The van der Waals surface area contributed by atoms with Gasteiger partial charge in [-0.15, -0.1) is 0 Å². The SMILES string of the molecule is CCOC(=O)C1=C(C)N=c2s/c(=C\c3ccc([N+](=O)[O-])cc3)c(=O)n2[C@H]1c1ccc(OC(C)=O)cc1. The lowest BCUT2D eigenvalue weighted by atomic mass is 9.96. The molecule has 10 nitrogen and oxygen atoms in total. The third kappa shape index (κ3) is 4.86. The zero-order valence-electron chi connectivity index (χ0n) is 19.6. The number of fused-ring (bicyclic) bond motifs is 1. The van der Waals surface area contributed by atoms with E-state index in [1.807, 2.05) is 0 Å². The number of hydrogen-bond donors (Lipinski definition) is 0. The summed E-state index contributed by atoms with van der Waals surface area (Å²) in [4.78, 5) is 53.1. The van der Waals surface area contributed by atoms with Crippen molar-refractivity contribution in [2.24, 2.45) is 4.99 Å². The molecule has 0 aliphatic carbocycles. The number of thiazole rings is 1. The van der Waals surface area contributed by atoms with Crippen LogP contribution in [0.15, 0.2) is 69.6 Å². The predicted molar refractivity (Wildman–Crippen MR) is 131 cm³/mol. The molecule has 0 saturated carbocycles. The van der Waals surface area contributed by atoms with Gasteiger partial charge in [0, 0.05) is 19.1 Å². The van der Waals surface area contributed by atoms with E-state index >= 15 is 0 Å². The van der Waals surface area contributed by atoms with Crippen LogP contribution in [0.4, 0.5) is 5.69 Å². The van der Waals surface area contributed by atoms with Gasteiger partial charge in [-0.25, -0.2) is 9.79 Å². The first-order valence-electron chi connectivity index (χ1n) is 10.9. The fourth-order valence-electron chi connectivity index (χ4n) is 3.83. The molecule has 4 rings (SSSR count). The number of esters is 2. The van der Waals surface area contributed by atoms with E-state index < -0.39 is 22.9 Å². The molecule has 0 unspecified atom stereocenters. The van der Waals surface area contributed by atoms with E-state index in [0.717, 1.165) is 11.3 Å². The highest BCUT2D eigenvalue weighted by Crippen LogP contribution is 2.31. The van der Waals surface area contributed by atoms with Crippen LogP contribution in [-0.2, 0) is 14.3 Å². The van der Waals surface area contributed by atoms with Gasteiger partial charge >= 0.3 is 11.9 Å². The topological polar surface area (TPSA) is 130 Å². The molecule has 0 saturated heterocycles. The number of nitro groups is 1. The quantitative estimate of drug-likeness (QED) is 0.217. The number of hydrogen-bond acceptors (Lipinski definition) is 9. The number of aromatic nitrogens is 1. The Kier molecular flexibility index (Phi) is 6.93. The van der Waals surface area contributed by atoms with E-state index in [1.54, 1.807) is 56.3 Å². The largest absolute Gasteiger partial charge is 0.463 e. The Balaban J connectivity index is 1.87. The summed E-state index contributed by atoms with van der Waals surface area (Å²) in [5.74, 6) is -0.724. The fourth-order valence-corrected chi connectivity index (χ4v) is 4.88. The van der Waals surface area contributed by atoms with Crippen molar-refractivity contribution in [3.05, 3.63) is 101 Å². The van der Waals surface area contributed by atoms with Gasteiger partial charge in [0.05, 0.1) is 33.4 Å². The van der Waals surface area contributed by atoms with Crippen molar-refractivity contribution in [1.29, 1.82) is 0 Å². The van der Waals surface area contributed by atoms with E-state index in [0.29, 0.717) is 31.9 Å². The number of nitro benzene ring substituents is 1. The highest BCUT2D eigenvalue weighted by molar-refractivity contribution is 7.07. The average molecular weight is 508 g/mol. The van der Waals surface area contributed by atoms with E-state index in [-0.39, 0.29) is 23.4 Å². The van der Waals surface area contributed by atoms with Gasteiger partial charge in [0.25, 0.3) is 11.2 Å². The number of carbonyl (C=O) groups is 2. The molecule has 3 aromatic rings. The highest BCUT2D eigenvalue weighted by Gasteiger charge is 2.33. The van der Waals surface area contributed by atoms with Crippen LogP contribution in [-0.4, -0.2) is 28.0 Å². The van der Waals surface area contributed by atoms with Crippen molar-refractivity contribution in [3.8, 4) is 5.75 Å². The van der Waals surface area contributed by atoms with Gasteiger partial charge in [-0.05, 0) is 55.3 Å². The summed E-state index contributed by atoms with van der Waals surface area (Å²) in [7, 11) is 0. The van der Waals surface area contributed by atoms with Crippen molar-refractivity contribution in [1.82, 2.24) is 4.57 Å². The molecule has 0 bridgehead atoms. The van der Waals surface area contributed by atoms with Crippen molar-refractivity contribution in [2.75, 3.05) is 6.61 Å². The molecule has 1 atom stereocenters. The Labute approximate surface area is 208 Å². The summed E-state index contributed by atoms with van der Waals surface area (Å²) < 4.78 is 12.2. The first-order valence-corrected chi connectivity index (χ1v) is 11.7. The first kappa shape index (κ1) is 24.7. The number of allylic oxidation sites excluding steroid dienone is 1. The Morgan fingerprint density at radius 3 is 2.42 bits per heavy atom. The number of non-ortho nitro benzene ring substituents is 1. The van der Waals surface area contributed by atoms with Gasteiger partial charge in [0.1, 0.15) is 5.75 Å². The molecule has 2 aromatic carbocycles. The minimum atomic E-state index is -0.814. The van der Waals surface area contributed by atoms with Crippen LogP contribution in [0.1, 0.15) is 37.9 Å². The molecule has 1 aliphatic rings. The monoisotopic (exact) mass is 507 g/mol. The van der Waals surface area contributed by atoms with E-state index in [1.165, 1.54) is 23.6 Å². The second-order valence-corrected chi connectivity index (χ2v) is 8.82. The molecule has 0 amide bonds. The lowest BCUT2D eigenvalue weighted by Crippen LogP contribution is -2.39. The van der Waals surface area contributed by atoms with Crippen molar-refractivity contribution in [3.63, 3.8) is 0 Å². The third-order valence-electron chi connectivity index (χ3n) is 5.38. The average Bonchev–Trinajstić information content (AvgIpc) is 3.13. The number of ether oxygens (including phenoxy) is 2. The van der Waals surface area contributed by atoms with E-state index in [9.17, 15) is 24.5 Å². The van der Waals surface area contributed by atoms with Crippen LogP contribution in [0.3, 0.4) is 0 Å². The maximum Gasteiger partial charge on any atom is 0.338 e. The predicted octanol–water partition coefficient (Wildman–Crippen LogP) is 2.63. The summed E-state index contributed by atoms with van der Waals surface area (Å²) in [5, 5.41) is 10.9. The number of benzene rings is 2. The molecule has 11 heteroatoms. The molecule has 2 heterocycles. The van der Waals surface area contributed by atoms with Gasteiger partial charge in [0.15, 0.2) is 4.80 Å². The molecule has 1 aromatic heterocycles. The molecule has 184 valence electrons. The number of carbonyl (C=O) groups excluding carboxylic acids is 2. The summed E-state index contributed by atoms with van der Waals surface area (Å²) in [6.07, 6.45) is 1.62. The Morgan fingerprint density at radius 1 is 1.17 bits per heavy atom. The maximum absolute atomic E-state index is 13.6. The minimum Gasteiger partial charge on any atom is -0.463 e. The highest BCUT2D eigenvalue weighted by atomic mass is 32.1. The third-order valence-corrected chi connectivity index (χ3v) is 6.36. The normalized spacial score (nSPS) is 15.2. The van der Waals surface area contributed by atoms with E-state index in [4.69, 9.17) is 9.47 Å². The lowest BCUT2D eigenvalue weighted by Gasteiger charge is -2.24. The molecular weight excluding hydrogens is 486 g/mol. The van der Waals surface area contributed by atoms with Crippen molar-refractivity contribution >= 4 is 35.0 Å². The smallest absolute Gasteiger partial charge is 0.338 e. The second-order valence-electron chi connectivity index (χ2n) is 7.81. The Bertz CT molecular complexity index is 1570. The van der Waals surface area contributed by atoms with Crippen LogP contribution in [0.2, 0.25) is 0 Å². The summed E-state index contributed by atoms with van der Waals surface area (Å²) >= 11 is 1.15.